The SMILES string of the molecule is CC(C)C1CCc2onc(CS)c2C1. The van der Waals surface area contributed by atoms with E-state index in [2.05, 4.69) is 31.6 Å². The summed E-state index contributed by atoms with van der Waals surface area (Å²) in [6.45, 7) is 4.59. The molecule has 0 saturated heterocycles. The van der Waals surface area contributed by atoms with Crippen molar-refractivity contribution < 1.29 is 4.52 Å². The molecule has 0 saturated carbocycles. The van der Waals surface area contributed by atoms with Crippen LogP contribution in [0.25, 0.3) is 0 Å². The fourth-order valence-corrected chi connectivity index (χ4v) is 2.43. The molecule has 2 rings (SSSR count). The number of thiol groups is 1. The molecular formula is C11H17NOS. The minimum atomic E-state index is 0.698. The number of hydrogen-bond acceptors (Lipinski definition) is 3. The first kappa shape index (κ1) is 10.1. The van der Waals surface area contributed by atoms with E-state index in [4.69, 9.17) is 4.52 Å². The summed E-state index contributed by atoms with van der Waals surface area (Å²) in [6, 6.07) is 0. The smallest absolute Gasteiger partial charge is 0.140 e. The Bertz CT molecular complexity index is 306. The molecule has 1 aromatic heterocycles. The number of fused-ring (bicyclic) bond motifs is 1. The molecule has 1 heterocycles. The van der Waals surface area contributed by atoms with Crippen molar-refractivity contribution in [2.45, 2.75) is 38.9 Å². The van der Waals surface area contributed by atoms with Gasteiger partial charge < -0.3 is 4.52 Å². The highest BCUT2D eigenvalue weighted by Crippen LogP contribution is 2.32. The predicted octanol–water partition coefficient (Wildman–Crippen LogP) is 2.87. The zero-order valence-electron chi connectivity index (χ0n) is 8.79. The van der Waals surface area contributed by atoms with Crippen LogP contribution in [0.5, 0.6) is 0 Å². The first-order valence-corrected chi connectivity index (χ1v) is 5.92. The highest BCUT2D eigenvalue weighted by Gasteiger charge is 2.26. The lowest BCUT2D eigenvalue weighted by Crippen LogP contribution is -2.18. The highest BCUT2D eigenvalue weighted by atomic mass is 32.1. The van der Waals surface area contributed by atoms with Crippen LogP contribution in [0.15, 0.2) is 4.52 Å². The molecule has 2 nitrogen and oxygen atoms in total. The van der Waals surface area contributed by atoms with Crippen LogP contribution in [-0.2, 0) is 18.6 Å². The van der Waals surface area contributed by atoms with E-state index in [0.29, 0.717) is 5.75 Å². The van der Waals surface area contributed by atoms with Crippen molar-refractivity contribution >= 4 is 12.6 Å². The van der Waals surface area contributed by atoms with E-state index in [1.165, 1.54) is 12.0 Å². The van der Waals surface area contributed by atoms with Gasteiger partial charge in [-0.2, -0.15) is 12.6 Å². The summed E-state index contributed by atoms with van der Waals surface area (Å²) in [5, 5.41) is 4.06. The van der Waals surface area contributed by atoms with Gasteiger partial charge in [-0.1, -0.05) is 19.0 Å². The molecule has 0 aliphatic heterocycles. The Morgan fingerprint density at radius 1 is 1.57 bits per heavy atom. The quantitative estimate of drug-likeness (QED) is 0.761. The molecule has 0 aromatic carbocycles. The van der Waals surface area contributed by atoms with Crippen molar-refractivity contribution in [2.75, 3.05) is 0 Å². The summed E-state index contributed by atoms with van der Waals surface area (Å²) in [5.41, 5.74) is 2.39. The maximum Gasteiger partial charge on any atom is 0.140 e. The van der Waals surface area contributed by atoms with E-state index in [-0.39, 0.29) is 0 Å². The fraction of sp³-hybridized carbons (Fsp3) is 0.727. The first-order chi connectivity index (χ1) is 6.72. The van der Waals surface area contributed by atoms with Crippen molar-refractivity contribution in [1.82, 2.24) is 5.16 Å². The van der Waals surface area contributed by atoms with Crippen LogP contribution in [0.2, 0.25) is 0 Å². The molecule has 1 aliphatic carbocycles. The third-order valence-corrected chi connectivity index (χ3v) is 3.55. The van der Waals surface area contributed by atoms with Crippen LogP contribution < -0.4 is 0 Å². The van der Waals surface area contributed by atoms with E-state index in [9.17, 15) is 0 Å². The van der Waals surface area contributed by atoms with E-state index in [1.54, 1.807) is 0 Å². The van der Waals surface area contributed by atoms with Crippen LogP contribution in [0, 0.1) is 11.8 Å². The van der Waals surface area contributed by atoms with Crippen LogP contribution in [0.3, 0.4) is 0 Å². The monoisotopic (exact) mass is 211 g/mol. The minimum Gasteiger partial charge on any atom is -0.361 e. The molecule has 0 radical (unpaired) electrons. The second-order valence-electron chi connectivity index (χ2n) is 4.44. The van der Waals surface area contributed by atoms with Gasteiger partial charge in [0.25, 0.3) is 0 Å². The maximum absolute atomic E-state index is 5.31. The number of hydrogen-bond donors (Lipinski definition) is 1. The predicted molar refractivity (Wildman–Crippen MR) is 59.5 cm³/mol. The zero-order valence-corrected chi connectivity index (χ0v) is 9.68. The molecule has 1 unspecified atom stereocenters. The van der Waals surface area contributed by atoms with Gasteiger partial charge in [-0.3, -0.25) is 0 Å². The van der Waals surface area contributed by atoms with Gasteiger partial charge in [0.15, 0.2) is 0 Å². The molecule has 0 amide bonds. The summed E-state index contributed by atoms with van der Waals surface area (Å²) >= 11 is 4.27. The van der Waals surface area contributed by atoms with Gasteiger partial charge in [0, 0.05) is 17.7 Å². The summed E-state index contributed by atoms with van der Waals surface area (Å²) in [7, 11) is 0. The van der Waals surface area contributed by atoms with E-state index in [1.807, 2.05) is 0 Å². The number of aromatic nitrogens is 1. The van der Waals surface area contributed by atoms with Crippen LogP contribution in [0.4, 0.5) is 0 Å². The van der Waals surface area contributed by atoms with Gasteiger partial charge in [-0.25, -0.2) is 0 Å². The highest BCUT2D eigenvalue weighted by molar-refractivity contribution is 7.79. The Balaban J connectivity index is 2.23. The van der Waals surface area contributed by atoms with Crippen molar-refractivity contribution in [1.29, 1.82) is 0 Å². The van der Waals surface area contributed by atoms with Crippen molar-refractivity contribution in [2.24, 2.45) is 11.8 Å². The lowest BCUT2D eigenvalue weighted by Gasteiger charge is -2.24. The number of rotatable bonds is 2. The molecule has 0 spiro atoms. The Morgan fingerprint density at radius 3 is 3.00 bits per heavy atom. The third kappa shape index (κ3) is 1.70. The van der Waals surface area contributed by atoms with Gasteiger partial charge in [0.05, 0.1) is 5.69 Å². The van der Waals surface area contributed by atoms with E-state index in [0.717, 1.165) is 36.1 Å². The Kier molecular flexibility index (Phi) is 2.86. The molecule has 0 fully saturated rings. The van der Waals surface area contributed by atoms with Crippen molar-refractivity contribution in [3.8, 4) is 0 Å². The van der Waals surface area contributed by atoms with Gasteiger partial charge in [0.1, 0.15) is 5.76 Å². The standard InChI is InChI=1S/C11H17NOS/c1-7(2)8-3-4-11-9(5-8)10(6-14)12-13-11/h7-8,14H,3-6H2,1-2H3. The number of nitrogens with zero attached hydrogens (tertiary/aromatic N) is 1. The van der Waals surface area contributed by atoms with Crippen molar-refractivity contribution in [3.63, 3.8) is 0 Å². The fourth-order valence-electron chi connectivity index (χ4n) is 2.18. The molecule has 3 heteroatoms. The van der Waals surface area contributed by atoms with Gasteiger partial charge in [0.2, 0.25) is 0 Å². The molecule has 0 bridgehead atoms. The molecular weight excluding hydrogens is 194 g/mol. The normalized spacial score (nSPS) is 21.3. The molecule has 0 N–H and O–H groups in total. The van der Waals surface area contributed by atoms with Gasteiger partial charge >= 0.3 is 0 Å². The lowest BCUT2D eigenvalue weighted by atomic mass is 9.80. The van der Waals surface area contributed by atoms with Crippen LogP contribution >= 0.6 is 12.6 Å². The summed E-state index contributed by atoms with van der Waals surface area (Å²) < 4.78 is 5.31. The molecule has 14 heavy (non-hydrogen) atoms. The Hall–Kier alpha value is -0.440. The summed E-state index contributed by atoms with van der Waals surface area (Å²) in [6.07, 6.45) is 3.43. The molecule has 78 valence electrons. The topological polar surface area (TPSA) is 26.0 Å². The molecule has 1 atom stereocenters. The summed E-state index contributed by atoms with van der Waals surface area (Å²) in [4.78, 5) is 0. The van der Waals surface area contributed by atoms with Gasteiger partial charge in [-0.15, -0.1) is 0 Å². The Labute approximate surface area is 90.5 Å². The average molecular weight is 211 g/mol. The maximum atomic E-state index is 5.31. The Morgan fingerprint density at radius 2 is 2.36 bits per heavy atom. The lowest BCUT2D eigenvalue weighted by molar-refractivity contribution is 0.305. The van der Waals surface area contributed by atoms with Crippen LogP contribution in [0.1, 0.15) is 37.3 Å². The third-order valence-electron chi connectivity index (χ3n) is 3.25. The number of aryl methyl sites for hydroxylation is 1. The average Bonchev–Trinajstić information content (AvgIpc) is 2.59. The van der Waals surface area contributed by atoms with Crippen molar-refractivity contribution in [3.05, 3.63) is 17.0 Å². The first-order valence-electron chi connectivity index (χ1n) is 5.29. The second-order valence-corrected chi connectivity index (χ2v) is 4.75. The van der Waals surface area contributed by atoms with E-state index < -0.39 is 0 Å². The molecule has 1 aromatic rings. The van der Waals surface area contributed by atoms with Gasteiger partial charge in [-0.05, 0) is 24.7 Å². The van der Waals surface area contributed by atoms with E-state index >= 15 is 0 Å². The second kappa shape index (κ2) is 3.97. The molecule has 1 aliphatic rings. The summed E-state index contributed by atoms with van der Waals surface area (Å²) in [5.74, 6) is 3.35. The minimum absolute atomic E-state index is 0.698. The van der Waals surface area contributed by atoms with Crippen LogP contribution in [-0.4, -0.2) is 5.16 Å². The zero-order chi connectivity index (χ0) is 10.1. The largest absolute Gasteiger partial charge is 0.361 e.